The fourth-order valence-corrected chi connectivity index (χ4v) is 5.36. The number of carbonyl (C=O) groups excluding carboxylic acids is 1. The zero-order valence-electron chi connectivity index (χ0n) is 22.4. The molecule has 0 atom stereocenters. The lowest BCUT2D eigenvalue weighted by atomic mass is 10.1. The maximum absolute atomic E-state index is 14.3. The van der Waals surface area contributed by atoms with E-state index in [1.54, 1.807) is 24.9 Å². The highest BCUT2D eigenvalue weighted by Crippen LogP contribution is 2.29. The van der Waals surface area contributed by atoms with Gasteiger partial charge in [0.05, 0.1) is 18.0 Å². The number of hydrogen-bond donors (Lipinski definition) is 1. The van der Waals surface area contributed by atoms with Crippen LogP contribution < -0.4 is 15.1 Å². The first-order chi connectivity index (χ1) is 19.6. The first-order valence-electron chi connectivity index (χ1n) is 13.3. The van der Waals surface area contributed by atoms with Gasteiger partial charge in [0.1, 0.15) is 11.6 Å². The maximum atomic E-state index is 14.3. The van der Waals surface area contributed by atoms with Crippen molar-refractivity contribution < 1.29 is 13.9 Å². The number of nitrogens with one attached hydrogen (secondary N) is 1. The Morgan fingerprint density at radius 3 is 2.35 bits per heavy atom. The predicted octanol–water partition coefficient (Wildman–Crippen LogP) is 5.28. The van der Waals surface area contributed by atoms with E-state index >= 15 is 0 Å². The van der Waals surface area contributed by atoms with Crippen LogP contribution in [-0.2, 0) is 10.5 Å². The van der Waals surface area contributed by atoms with Crippen LogP contribution in [0.1, 0.15) is 15.9 Å². The minimum atomic E-state index is -0.192. The third kappa shape index (κ3) is 6.97. The molecule has 0 unspecified atom stereocenters. The van der Waals surface area contributed by atoms with Gasteiger partial charge in [-0.1, -0.05) is 66.4 Å². The first-order valence-corrected chi connectivity index (χ1v) is 14.3. The lowest BCUT2D eigenvalue weighted by Crippen LogP contribution is -2.47. The predicted molar refractivity (Wildman–Crippen MR) is 159 cm³/mol. The Kier molecular flexibility index (Phi) is 9.26. The van der Waals surface area contributed by atoms with E-state index in [1.807, 2.05) is 72.8 Å². The SMILES string of the molecule is COCCNC(=O)c1ccc(CSc2nc(-c3ccccc3)cc(N3CCN(c4ccccc4F)CC3)n2)cc1. The van der Waals surface area contributed by atoms with E-state index < -0.39 is 0 Å². The lowest BCUT2D eigenvalue weighted by molar-refractivity contribution is 0.0937. The van der Waals surface area contributed by atoms with Crippen LogP contribution in [0, 0.1) is 5.82 Å². The maximum Gasteiger partial charge on any atom is 0.251 e. The average molecular weight is 558 g/mol. The van der Waals surface area contributed by atoms with E-state index in [4.69, 9.17) is 14.7 Å². The minimum Gasteiger partial charge on any atom is -0.383 e. The monoisotopic (exact) mass is 557 g/mol. The molecule has 0 bridgehead atoms. The third-order valence-corrected chi connectivity index (χ3v) is 7.65. The fourth-order valence-electron chi connectivity index (χ4n) is 4.55. The molecule has 3 aromatic carbocycles. The number of methoxy groups -OCH3 is 1. The van der Waals surface area contributed by atoms with Gasteiger partial charge in [-0.05, 0) is 29.8 Å². The number of nitrogens with zero attached hydrogens (tertiary/aromatic N) is 4. The summed E-state index contributed by atoms with van der Waals surface area (Å²) in [6.45, 7) is 3.84. The molecule has 1 amide bonds. The molecule has 40 heavy (non-hydrogen) atoms. The Bertz CT molecular complexity index is 1410. The summed E-state index contributed by atoms with van der Waals surface area (Å²) in [7, 11) is 1.61. The van der Waals surface area contributed by atoms with E-state index in [1.165, 1.54) is 6.07 Å². The molecule has 9 heteroatoms. The van der Waals surface area contributed by atoms with Gasteiger partial charge in [0, 0.05) is 62.8 Å². The molecular formula is C31H32FN5O2S. The number of piperazine rings is 1. The molecule has 1 saturated heterocycles. The molecular weight excluding hydrogens is 525 g/mol. The number of thioether (sulfide) groups is 1. The molecule has 1 N–H and O–H groups in total. The van der Waals surface area contributed by atoms with Crippen molar-refractivity contribution in [2.24, 2.45) is 0 Å². The number of hydrogen-bond acceptors (Lipinski definition) is 7. The van der Waals surface area contributed by atoms with Crippen molar-refractivity contribution in [3.63, 3.8) is 0 Å². The van der Waals surface area contributed by atoms with Crippen molar-refractivity contribution in [3.05, 3.63) is 102 Å². The third-order valence-electron chi connectivity index (χ3n) is 6.73. The largest absolute Gasteiger partial charge is 0.383 e. The Morgan fingerprint density at radius 2 is 1.62 bits per heavy atom. The summed E-state index contributed by atoms with van der Waals surface area (Å²) in [5.74, 6) is 1.23. The van der Waals surface area contributed by atoms with Crippen LogP contribution in [0.15, 0.2) is 90.1 Å². The number of para-hydroxylation sites is 1. The number of rotatable bonds is 10. The summed E-state index contributed by atoms with van der Waals surface area (Å²) >= 11 is 1.57. The van der Waals surface area contributed by atoms with Gasteiger partial charge in [0.15, 0.2) is 5.16 Å². The van der Waals surface area contributed by atoms with Crippen LogP contribution in [0.25, 0.3) is 11.3 Å². The lowest BCUT2D eigenvalue weighted by Gasteiger charge is -2.37. The molecule has 206 valence electrons. The Labute approximate surface area is 238 Å². The van der Waals surface area contributed by atoms with Gasteiger partial charge in [0.2, 0.25) is 0 Å². The normalized spacial score (nSPS) is 13.3. The Balaban J connectivity index is 1.29. The van der Waals surface area contributed by atoms with Crippen molar-refractivity contribution in [3.8, 4) is 11.3 Å². The van der Waals surface area contributed by atoms with Crippen LogP contribution in [0.2, 0.25) is 0 Å². The smallest absolute Gasteiger partial charge is 0.251 e. The number of aromatic nitrogens is 2. The van der Waals surface area contributed by atoms with E-state index in [0.717, 1.165) is 35.7 Å². The van der Waals surface area contributed by atoms with Gasteiger partial charge >= 0.3 is 0 Å². The van der Waals surface area contributed by atoms with E-state index in [2.05, 4.69) is 15.1 Å². The van der Waals surface area contributed by atoms with E-state index in [-0.39, 0.29) is 11.7 Å². The number of anilines is 2. The summed E-state index contributed by atoms with van der Waals surface area (Å²) in [5.41, 5.74) is 4.23. The highest BCUT2D eigenvalue weighted by molar-refractivity contribution is 7.98. The summed E-state index contributed by atoms with van der Waals surface area (Å²) in [5, 5.41) is 3.52. The number of benzene rings is 3. The van der Waals surface area contributed by atoms with Crippen LogP contribution in [0.4, 0.5) is 15.9 Å². The molecule has 5 rings (SSSR count). The number of carbonyl (C=O) groups is 1. The topological polar surface area (TPSA) is 70.6 Å². The average Bonchev–Trinajstić information content (AvgIpc) is 3.01. The van der Waals surface area contributed by atoms with Crippen LogP contribution in [0.5, 0.6) is 0 Å². The number of halogens is 1. The summed E-state index contributed by atoms with van der Waals surface area (Å²) in [6.07, 6.45) is 0. The molecule has 2 heterocycles. The second-order valence-corrected chi connectivity index (χ2v) is 10.4. The van der Waals surface area contributed by atoms with Crippen molar-refractivity contribution in [1.82, 2.24) is 15.3 Å². The zero-order valence-corrected chi connectivity index (χ0v) is 23.2. The number of amides is 1. The van der Waals surface area contributed by atoms with Gasteiger partial charge < -0.3 is 19.9 Å². The molecule has 0 radical (unpaired) electrons. The van der Waals surface area contributed by atoms with E-state index in [9.17, 15) is 9.18 Å². The van der Waals surface area contributed by atoms with Crippen molar-refractivity contribution >= 4 is 29.2 Å². The summed E-state index contributed by atoms with van der Waals surface area (Å²) in [4.78, 5) is 26.4. The second kappa shape index (κ2) is 13.4. The standard InChI is InChI=1S/C31H32FN5O2S/c1-39-20-15-33-30(38)25-13-11-23(12-14-25)22-40-31-34-27(24-7-3-2-4-8-24)21-29(35-31)37-18-16-36(17-19-37)28-10-6-5-9-26(28)32/h2-14,21H,15-20,22H2,1H3,(H,33,38). The van der Waals surface area contributed by atoms with Crippen molar-refractivity contribution in [1.29, 1.82) is 0 Å². The van der Waals surface area contributed by atoms with Gasteiger partial charge in [-0.2, -0.15) is 0 Å². The molecule has 4 aromatic rings. The minimum absolute atomic E-state index is 0.116. The van der Waals surface area contributed by atoms with Gasteiger partial charge in [-0.3, -0.25) is 4.79 Å². The molecule has 1 aliphatic rings. The molecule has 7 nitrogen and oxygen atoms in total. The van der Waals surface area contributed by atoms with Gasteiger partial charge in [-0.15, -0.1) is 0 Å². The highest BCUT2D eigenvalue weighted by atomic mass is 32.2. The van der Waals surface area contributed by atoms with Gasteiger partial charge in [-0.25, -0.2) is 14.4 Å². The molecule has 1 aliphatic heterocycles. The molecule has 1 aromatic heterocycles. The van der Waals surface area contributed by atoms with Crippen LogP contribution in [0.3, 0.4) is 0 Å². The molecule has 0 aliphatic carbocycles. The molecule has 1 fully saturated rings. The fraction of sp³-hybridized carbons (Fsp3) is 0.258. The molecule has 0 spiro atoms. The van der Waals surface area contributed by atoms with Crippen LogP contribution in [-0.4, -0.2) is 62.3 Å². The number of ether oxygens (including phenoxy) is 1. The Hall–Kier alpha value is -3.95. The zero-order chi connectivity index (χ0) is 27.7. The Morgan fingerprint density at radius 1 is 0.925 bits per heavy atom. The van der Waals surface area contributed by atoms with Crippen LogP contribution >= 0.6 is 11.8 Å². The second-order valence-electron chi connectivity index (χ2n) is 9.42. The molecule has 0 saturated carbocycles. The first kappa shape index (κ1) is 27.6. The van der Waals surface area contributed by atoms with Crippen molar-refractivity contribution in [2.75, 3.05) is 56.2 Å². The quantitative estimate of drug-likeness (QED) is 0.162. The van der Waals surface area contributed by atoms with Gasteiger partial charge in [0.25, 0.3) is 5.91 Å². The highest BCUT2D eigenvalue weighted by Gasteiger charge is 2.21. The summed E-state index contributed by atoms with van der Waals surface area (Å²) < 4.78 is 19.3. The summed E-state index contributed by atoms with van der Waals surface area (Å²) in [6, 6.07) is 26.6. The van der Waals surface area contributed by atoms with Crippen molar-refractivity contribution in [2.45, 2.75) is 10.9 Å². The van der Waals surface area contributed by atoms with E-state index in [0.29, 0.717) is 48.4 Å².